The topological polar surface area (TPSA) is 73.2 Å². The summed E-state index contributed by atoms with van der Waals surface area (Å²) in [6.07, 6.45) is 0. The second kappa shape index (κ2) is 7.17. The standard InChI is InChI=1S/C19H16ClN3O3S/c1-26-15-8-6-14(7-9-15)23-18(16-10-27(25)11-17(16)22-23)21-19(24)12-2-4-13(20)5-3-12/h2-9H,10-11H2,1H3,(H,21,24)/t27-/m0/s1. The summed E-state index contributed by atoms with van der Waals surface area (Å²) in [5.74, 6) is 1.76. The number of fused-ring (bicyclic) bond motifs is 1. The van der Waals surface area contributed by atoms with Gasteiger partial charge in [-0.15, -0.1) is 0 Å². The van der Waals surface area contributed by atoms with Gasteiger partial charge in [0.1, 0.15) is 11.6 Å². The van der Waals surface area contributed by atoms with Gasteiger partial charge in [-0.3, -0.25) is 9.00 Å². The van der Waals surface area contributed by atoms with Crippen LogP contribution in [-0.2, 0) is 22.3 Å². The van der Waals surface area contributed by atoms with Gasteiger partial charge in [0.2, 0.25) is 0 Å². The molecule has 8 heteroatoms. The third-order valence-electron chi connectivity index (χ3n) is 4.33. The molecule has 1 N–H and O–H groups in total. The average Bonchev–Trinajstić information content (AvgIpc) is 3.19. The number of nitrogens with one attached hydrogen (secondary N) is 1. The fraction of sp³-hybridized carbons (Fsp3) is 0.158. The summed E-state index contributed by atoms with van der Waals surface area (Å²) >= 11 is 5.89. The Morgan fingerprint density at radius 3 is 2.52 bits per heavy atom. The van der Waals surface area contributed by atoms with Gasteiger partial charge in [-0.1, -0.05) is 11.6 Å². The number of benzene rings is 2. The van der Waals surface area contributed by atoms with Crippen molar-refractivity contribution < 1.29 is 13.7 Å². The van der Waals surface area contributed by atoms with Crippen LogP contribution in [0.3, 0.4) is 0 Å². The number of hydrogen-bond acceptors (Lipinski definition) is 4. The highest BCUT2D eigenvalue weighted by Crippen LogP contribution is 2.32. The molecule has 1 aliphatic heterocycles. The molecule has 1 aromatic heterocycles. The SMILES string of the molecule is COc1ccc(-n2nc3c(c2NC(=O)c2ccc(Cl)cc2)C[S@](=O)C3)cc1. The van der Waals surface area contributed by atoms with E-state index in [-0.39, 0.29) is 5.91 Å². The van der Waals surface area contributed by atoms with Gasteiger partial charge >= 0.3 is 0 Å². The van der Waals surface area contributed by atoms with Crippen molar-refractivity contribution in [2.24, 2.45) is 0 Å². The van der Waals surface area contributed by atoms with Gasteiger partial charge in [0, 0.05) is 26.9 Å². The largest absolute Gasteiger partial charge is 0.497 e. The molecule has 1 amide bonds. The lowest BCUT2D eigenvalue weighted by Gasteiger charge is -2.11. The second-order valence-electron chi connectivity index (χ2n) is 6.07. The van der Waals surface area contributed by atoms with E-state index in [1.54, 1.807) is 36.1 Å². The monoisotopic (exact) mass is 401 g/mol. The molecule has 0 fully saturated rings. The molecule has 138 valence electrons. The third kappa shape index (κ3) is 3.48. The molecule has 0 radical (unpaired) electrons. The number of rotatable bonds is 4. The number of methoxy groups -OCH3 is 1. The number of hydrogen-bond donors (Lipinski definition) is 1. The van der Waals surface area contributed by atoms with E-state index in [0.717, 1.165) is 22.7 Å². The first kappa shape index (κ1) is 17.8. The van der Waals surface area contributed by atoms with Crippen molar-refractivity contribution in [2.75, 3.05) is 12.4 Å². The molecule has 2 aromatic carbocycles. The van der Waals surface area contributed by atoms with Crippen LogP contribution >= 0.6 is 11.6 Å². The Morgan fingerprint density at radius 1 is 1.15 bits per heavy atom. The van der Waals surface area contributed by atoms with Crippen molar-refractivity contribution in [2.45, 2.75) is 11.5 Å². The number of aromatic nitrogens is 2. The van der Waals surface area contributed by atoms with Crippen LogP contribution in [0.2, 0.25) is 5.02 Å². The lowest BCUT2D eigenvalue weighted by atomic mass is 10.2. The Hall–Kier alpha value is -2.64. The predicted molar refractivity (Wildman–Crippen MR) is 105 cm³/mol. The van der Waals surface area contributed by atoms with E-state index in [1.165, 1.54) is 0 Å². The van der Waals surface area contributed by atoms with Crippen molar-refractivity contribution in [3.8, 4) is 11.4 Å². The molecule has 6 nitrogen and oxygen atoms in total. The number of amides is 1. The molecular formula is C19H16ClN3O3S. The highest BCUT2D eigenvalue weighted by molar-refractivity contribution is 7.83. The molecule has 0 saturated carbocycles. The van der Waals surface area contributed by atoms with E-state index in [9.17, 15) is 9.00 Å². The van der Waals surface area contributed by atoms with Gasteiger partial charge in [-0.25, -0.2) is 4.68 Å². The number of nitrogens with zero attached hydrogens (tertiary/aromatic N) is 2. The minimum Gasteiger partial charge on any atom is -0.497 e. The van der Waals surface area contributed by atoms with Gasteiger partial charge in [0.15, 0.2) is 0 Å². The number of carbonyl (C=O) groups is 1. The maximum absolute atomic E-state index is 12.7. The predicted octanol–water partition coefficient (Wildman–Crippen LogP) is 3.55. The van der Waals surface area contributed by atoms with Crippen molar-refractivity contribution in [3.05, 3.63) is 70.4 Å². The fourth-order valence-electron chi connectivity index (χ4n) is 2.95. The quantitative estimate of drug-likeness (QED) is 0.725. The zero-order chi connectivity index (χ0) is 19.0. The van der Waals surface area contributed by atoms with E-state index in [1.807, 2.05) is 24.3 Å². The van der Waals surface area contributed by atoms with Crippen molar-refractivity contribution in [1.82, 2.24) is 9.78 Å². The molecule has 27 heavy (non-hydrogen) atoms. The summed E-state index contributed by atoms with van der Waals surface area (Å²) in [6, 6.07) is 14.0. The fourth-order valence-corrected chi connectivity index (χ4v) is 4.34. The van der Waals surface area contributed by atoms with Crippen LogP contribution < -0.4 is 10.1 Å². The number of ether oxygens (including phenoxy) is 1. The Bertz CT molecular complexity index is 1030. The summed E-state index contributed by atoms with van der Waals surface area (Å²) < 4.78 is 18.8. The van der Waals surface area contributed by atoms with Crippen LogP contribution in [0.5, 0.6) is 5.75 Å². The molecular weight excluding hydrogens is 386 g/mol. The van der Waals surface area contributed by atoms with E-state index < -0.39 is 10.8 Å². The molecule has 0 bridgehead atoms. The molecule has 4 rings (SSSR count). The first-order valence-corrected chi connectivity index (χ1v) is 10.1. The first-order chi connectivity index (χ1) is 13.0. The molecule has 0 spiro atoms. The number of carbonyl (C=O) groups excluding carboxylic acids is 1. The highest BCUT2D eigenvalue weighted by Gasteiger charge is 2.28. The summed E-state index contributed by atoms with van der Waals surface area (Å²) in [4.78, 5) is 12.7. The Kier molecular flexibility index (Phi) is 4.72. The maximum Gasteiger partial charge on any atom is 0.256 e. The minimum atomic E-state index is -0.995. The smallest absolute Gasteiger partial charge is 0.256 e. The lowest BCUT2D eigenvalue weighted by Crippen LogP contribution is -2.16. The molecule has 0 unspecified atom stereocenters. The summed E-state index contributed by atoms with van der Waals surface area (Å²) in [5.41, 5.74) is 2.82. The van der Waals surface area contributed by atoms with Crippen LogP contribution in [0.1, 0.15) is 21.6 Å². The highest BCUT2D eigenvalue weighted by atomic mass is 35.5. The van der Waals surface area contributed by atoms with Crippen LogP contribution in [0.15, 0.2) is 48.5 Å². The van der Waals surface area contributed by atoms with Gasteiger partial charge in [-0.2, -0.15) is 5.10 Å². The molecule has 1 aliphatic rings. The van der Waals surface area contributed by atoms with Crippen molar-refractivity contribution in [1.29, 1.82) is 0 Å². The van der Waals surface area contributed by atoms with E-state index in [4.69, 9.17) is 16.3 Å². The van der Waals surface area contributed by atoms with Gasteiger partial charge in [0.05, 0.1) is 30.0 Å². The van der Waals surface area contributed by atoms with Gasteiger partial charge in [-0.05, 0) is 48.5 Å². The van der Waals surface area contributed by atoms with Crippen LogP contribution in [0.25, 0.3) is 5.69 Å². The van der Waals surface area contributed by atoms with Crippen LogP contribution in [0, 0.1) is 0 Å². The molecule has 0 aliphatic carbocycles. The van der Waals surface area contributed by atoms with Gasteiger partial charge < -0.3 is 10.1 Å². The van der Waals surface area contributed by atoms with E-state index in [0.29, 0.717) is 27.9 Å². The van der Waals surface area contributed by atoms with E-state index >= 15 is 0 Å². The average molecular weight is 402 g/mol. The molecule has 3 aromatic rings. The van der Waals surface area contributed by atoms with Crippen molar-refractivity contribution in [3.63, 3.8) is 0 Å². The zero-order valence-corrected chi connectivity index (χ0v) is 16.0. The molecule has 2 heterocycles. The first-order valence-electron chi connectivity index (χ1n) is 8.22. The van der Waals surface area contributed by atoms with Crippen molar-refractivity contribution >= 4 is 34.1 Å². The number of halogens is 1. The summed E-state index contributed by atoms with van der Waals surface area (Å²) in [6.45, 7) is 0. The lowest BCUT2D eigenvalue weighted by molar-refractivity contribution is 0.102. The van der Waals surface area contributed by atoms with Crippen LogP contribution in [-0.4, -0.2) is 27.0 Å². The summed E-state index contributed by atoms with van der Waals surface area (Å²) in [7, 11) is 0.606. The van der Waals surface area contributed by atoms with E-state index in [2.05, 4.69) is 10.4 Å². The normalized spacial score (nSPS) is 15.4. The number of anilines is 1. The second-order valence-corrected chi connectivity index (χ2v) is 7.97. The van der Waals surface area contributed by atoms with Crippen LogP contribution in [0.4, 0.5) is 5.82 Å². The minimum absolute atomic E-state index is 0.276. The Labute approximate surface area is 163 Å². The Morgan fingerprint density at radius 2 is 1.85 bits per heavy atom. The summed E-state index contributed by atoms with van der Waals surface area (Å²) in [5, 5.41) is 8.06. The zero-order valence-electron chi connectivity index (χ0n) is 14.4. The molecule has 1 atom stereocenters. The maximum atomic E-state index is 12.7. The Balaban J connectivity index is 1.72. The molecule has 0 saturated heterocycles. The van der Waals surface area contributed by atoms with Gasteiger partial charge in [0.25, 0.3) is 5.91 Å². The third-order valence-corrected chi connectivity index (χ3v) is 5.78.